The Hall–Kier alpha value is -4.15. The first kappa shape index (κ1) is 30.4. The molecule has 3 heterocycles. The van der Waals surface area contributed by atoms with Crippen molar-refractivity contribution in [1.29, 1.82) is 0 Å². The highest BCUT2D eigenvalue weighted by atomic mass is 32.1. The maximum Gasteiger partial charge on any atom is 0.414 e. The summed E-state index contributed by atoms with van der Waals surface area (Å²) in [7, 11) is 0. The zero-order valence-electron chi connectivity index (χ0n) is 23.5. The number of β-lactam (4-membered cyclic amide) rings is 1. The van der Waals surface area contributed by atoms with Gasteiger partial charge in [0.2, 0.25) is 28.2 Å². The van der Waals surface area contributed by atoms with E-state index in [4.69, 9.17) is 14.3 Å². The van der Waals surface area contributed by atoms with Crippen LogP contribution in [0.15, 0.2) is 17.8 Å². The summed E-state index contributed by atoms with van der Waals surface area (Å²) in [6, 6.07) is -1.41. The molecule has 0 aromatic carbocycles. The van der Waals surface area contributed by atoms with Crippen molar-refractivity contribution in [3.05, 3.63) is 18.5 Å². The van der Waals surface area contributed by atoms with Crippen LogP contribution in [0.3, 0.4) is 0 Å². The molecule has 2 aromatic rings. The van der Waals surface area contributed by atoms with E-state index in [0.717, 1.165) is 11.5 Å². The van der Waals surface area contributed by atoms with Gasteiger partial charge in [-0.1, -0.05) is 5.16 Å². The second kappa shape index (κ2) is 11.5. The van der Waals surface area contributed by atoms with Crippen LogP contribution in [0.2, 0.25) is 0 Å². The van der Waals surface area contributed by atoms with Gasteiger partial charge < -0.3 is 24.9 Å². The number of nitrogens with zero attached hydrogens (tertiary/aromatic N) is 6. The number of anilines is 1. The third kappa shape index (κ3) is 8.42. The Morgan fingerprint density at radius 3 is 2.35 bits per heavy atom. The number of carbonyl (C=O) groups excluding carboxylic acids is 4. The first-order valence-corrected chi connectivity index (χ1v) is 13.0. The number of hydrogen-bond donors (Lipinski definition) is 3. The lowest BCUT2D eigenvalue weighted by Crippen LogP contribution is -2.70. The zero-order chi connectivity index (χ0) is 29.9. The minimum atomic E-state index is -1.60. The highest BCUT2D eigenvalue weighted by Crippen LogP contribution is 2.20. The second-order valence-electron chi connectivity index (χ2n) is 11.3. The van der Waals surface area contributed by atoms with E-state index in [9.17, 15) is 19.2 Å². The highest BCUT2D eigenvalue weighted by molar-refractivity contribution is 7.10. The molecule has 0 aliphatic carbocycles. The minimum absolute atomic E-state index is 0.0154. The second-order valence-corrected chi connectivity index (χ2v) is 12.0. The van der Waals surface area contributed by atoms with E-state index in [2.05, 4.69) is 40.5 Å². The molecule has 2 atom stereocenters. The van der Waals surface area contributed by atoms with Crippen molar-refractivity contribution in [2.24, 2.45) is 5.16 Å². The number of rotatable bonds is 9. The van der Waals surface area contributed by atoms with Crippen molar-refractivity contribution in [3.8, 4) is 0 Å². The number of ether oxygens (including phenoxy) is 2. The molecular weight excluding hydrogens is 546 g/mol. The van der Waals surface area contributed by atoms with Crippen molar-refractivity contribution in [2.45, 2.75) is 90.8 Å². The maximum absolute atomic E-state index is 13.3. The Labute approximate surface area is 234 Å². The predicted molar refractivity (Wildman–Crippen MR) is 141 cm³/mol. The van der Waals surface area contributed by atoms with Crippen LogP contribution in [0.1, 0.15) is 61.2 Å². The van der Waals surface area contributed by atoms with Gasteiger partial charge in [-0.3, -0.25) is 19.6 Å². The van der Waals surface area contributed by atoms with Gasteiger partial charge >= 0.3 is 12.1 Å². The molecular formula is C23H33N9O7S. The molecule has 40 heavy (non-hydrogen) atoms. The van der Waals surface area contributed by atoms with Crippen molar-refractivity contribution in [2.75, 3.05) is 5.32 Å². The summed E-state index contributed by atoms with van der Waals surface area (Å²) in [5.41, 5.74) is -3.59. The van der Waals surface area contributed by atoms with E-state index in [1.165, 1.54) is 31.2 Å². The zero-order valence-corrected chi connectivity index (χ0v) is 24.3. The molecule has 0 bridgehead atoms. The molecule has 3 rings (SSSR count). The fourth-order valence-electron chi connectivity index (χ4n) is 3.04. The van der Waals surface area contributed by atoms with Gasteiger partial charge in [0.05, 0.1) is 12.6 Å². The Morgan fingerprint density at radius 2 is 1.77 bits per heavy atom. The third-order valence-corrected chi connectivity index (χ3v) is 5.50. The Balaban J connectivity index is 1.83. The smallest absolute Gasteiger partial charge is 0.414 e. The summed E-state index contributed by atoms with van der Waals surface area (Å²) in [5, 5.41) is 15.6. The summed E-state index contributed by atoms with van der Waals surface area (Å²) in [6.45, 7) is 13.3. The lowest BCUT2D eigenvalue weighted by Gasteiger charge is -2.36. The van der Waals surface area contributed by atoms with Gasteiger partial charge in [0.1, 0.15) is 29.9 Å². The topological polar surface area (TPSA) is 201 Å². The molecule has 3 amide bonds. The van der Waals surface area contributed by atoms with Gasteiger partial charge in [-0.05, 0) is 55.4 Å². The molecule has 0 radical (unpaired) electrons. The molecule has 3 N–H and O–H groups in total. The van der Waals surface area contributed by atoms with Gasteiger partial charge in [-0.2, -0.15) is 14.5 Å². The molecule has 218 valence electrons. The molecule has 17 heteroatoms. The number of nitrogens with one attached hydrogen (secondary N) is 3. The Bertz CT molecular complexity index is 1280. The summed E-state index contributed by atoms with van der Waals surface area (Å²) >= 11 is 0.761. The first-order valence-electron chi connectivity index (χ1n) is 12.2. The van der Waals surface area contributed by atoms with E-state index in [0.29, 0.717) is 0 Å². The van der Waals surface area contributed by atoms with Crippen molar-refractivity contribution < 1.29 is 33.5 Å². The molecule has 16 nitrogen and oxygen atoms in total. The number of hydrogen-bond acceptors (Lipinski definition) is 13. The molecule has 1 aliphatic heterocycles. The third-order valence-electron chi connectivity index (χ3n) is 4.87. The predicted octanol–water partition coefficient (Wildman–Crippen LogP) is 1.00. The van der Waals surface area contributed by atoms with Crippen LogP contribution in [0.4, 0.5) is 9.93 Å². The fourth-order valence-corrected chi connectivity index (χ4v) is 3.60. The van der Waals surface area contributed by atoms with Gasteiger partial charge in [-0.15, -0.1) is 0 Å². The largest absolute Gasteiger partial charge is 0.457 e. The van der Waals surface area contributed by atoms with E-state index in [1.807, 2.05) is 0 Å². The van der Waals surface area contributed by atoms with Crippen molar-refractivity contribution in [1.82, 2.24) is 34.8 Å². The van der Waals surface area contributed by atoms with Crippen LogP contribution in [-0.2, 0) is 35.2 Å². The van der Waals surface area contributed by atoms with Gasteiger partial charge in [0.15, 0.2) is 0 Å². The number of aromatic nitrogens is 5. The van der Waals surface area contributed by atoms with Crippen LogP contribution in [0, 0.1) is 0 Å². The summed E-state index contributed by atoms with van der Waals surface area (Å²) in [4.78, 5) is 63.8. The minimum Gasteiger partial charge on any atom is -0.457 e. The lowest BCUT2D eigenvalue weighted by atomic mass is 9.98. The summed E-state index contributed by atoms with van der Waals surface area (Å²) < 4.78 is 16.2. The number of carbonyl (C=O) groups is 4. The quantitative estimate of drug-likeness (QED) is 0.166. The van der Waals surface area contributed by atoms with Gasteiger partial charge in [-0.25, -0.2) is 14.6 Å². The molecule has 0 unspecified atom stereocenters. The van der Waals surface area contributed by atoms with Crippen LogP contribution in [0.25, 0.3) is 0 Å². The van der Waals surface area contributed by atoms with Crippen LogP contribution >= 0.6 is 11.5 Å². The molecule has 1 aliphatic rings. The molecule has 1 fully saturated rings. The number of amides is 3. The monoisotopic (exact) mass is 579 g/mol. The lowest BCUT2D eigenvalue weighted by molar-refractivity contribution is -0.179. The molecule has 2 aromatic heterocycles. The van der Waals surface area contributed by atoms with E-state index in [1.54, 1.807) is 41.5 Å². The van der Waals surface area contributed by atoms with Gasteiger partial charge in [0, 0.05) is 11.5 Å². The van der Waals surface area contributed by atoms with Crippen molar-refractivity contribution in [3.63, 3.8) is 0 Å². The fraction of sp³-hybridized carbons (Fsp3) is 0.609. The van der Waals surface area contributed by atoms with Crippen LogP contribution in [-0.4, -0.2) is 82.6 Å². The number of oxime groups is 1. The first-order chi connectivity index (χ1) is 18.4. The van der Waals surface area contributed by atoms with E-state index < -0.39 is 58.5 Å². The Kier molecular flexibility index (Phi) is 8.76. The average molecular weight is 580 g/mol. The summed E-state index contributed by atoms with van der Waals surface area (Å²) in [6.07, 6.45) is 2.04. The summed E-state index contributed by atoms with van der Waals surface area (Å²) in [5.74, 6) is -2.23. The average Bonchev–Trinajstić information content (AvgIpc) is 3.47. The molecule has 1 saturated heterocycles. The van der Waals surface area contributed by atoms with Gasteiger partial charge in [0.25, 0.3) is 5.91 Å². The van der Waals surface area contributed by atoms with Crippen LogP contribution in [0.5, 0.6) is 0 Å². The number of esters is 1. The van der Waals surface area contributed by atoms with E-state index in [-0.39, 0.29) is 17.5 Å². The normalized spacial score (nSPS) is 17.8. The molecule has 0 spiro atoms. The maximum atomic E-state index is 13.3. The Morgan fingerprint density at radius 1 is 1.10 bits per heavy atom. The van der Waals surface area contributed by atoms with E-state index >= 15 is 0 Å². The van der Waals surface area contributed by atoms with Crippen molar-refractivity contribution >= 4 is 46.3 Å². The SMILES string of the molecule is CC(C)(C)OC(=O)Nc1nc(/C(=N/OC(C)(C)C(=O)OC(C)(C)C)C(=O)N[C@@H]2C(=O)N[C@@H]2Cn2cncn2)ns1. The standard InChI is InChI=1S/C23H33N9O7S/c1-21(2,3)37-18(35)23(7,8)39-30-14(15-28-19(40-31-15)29-20(36)38-22(4,5)6)17(34)27-13-12(26-16(13)33)9-32-11-24-10-25-32/h10-13H,9H2,1-8H3,(H,26,33)(H,27,34)(H,28,29,31,36)/b30-14-/t12-,13+/m1/s1. The molecule has 0 saturated carbocycles. The highest BCUT2D eigenvalue weighted by Gasteiger charge is 2.42. The van der Waals surface area contributed by atoms with Crippen LogP contribution < -0.4 is 16.0 Å².